The minimum atomic E-state index is 0. The predicted molar refractivity (Wildman–Crippen MR) is 26.5 cm³/mol. The first-order valence-electron chi connectivity index (χ1n) is 2.43. The summed E-state index contributed by atoms with van der Waals surface area (Å²) in [6.07, 6.45) is 7.19. The average Bonchev–Trinajstić information content (AvgIpc) is 1.69. The van der Waals surface area contributed by atoms with Gasteiger partial charge in [0.2, 0.25) is 0 Å². The van der Waals surface area contributed by atoms with Crippen molar-refractivity contribution in [3.8, 4) is 0 Å². The molecule has 0 atom stereocenters. The Labute approximate surface area is 61.3 Å². The molecule has 0 amide bonds. The van der Waals surface area contributed by atoms with Crippen LogP contribution >= 0.6 is 0 Å². The Kier molecular flexibility index (Phi) is 3.77. The van der Waals surface area contributed by atoms with Crippen LogP contribution in [0, 0.1) is 0 Å². The molecule has 38 valence electrons. The van der Waals surface area contributed by atoms with Gasteiger partial charge in [-0.25, -0.2) is 0 Å². The molecule has 1 nitrogen and oxygen atoms in total. The van der Waals surface area contributed by atoms with Crippen molar-refractivity contribution < 1.29 is 24.0 Å². The van der Waals surface area contributed by atoms with Gasteiger partial charge in [0.05, 0.1) is 0 Å². The molecule has 0 aromatic rings. The molecular weight excluding hydrogens is 95.0 g/mol. The van der Waals surface area contributed by atoms with Gasteiger partial charge in [0.25, 0.3) is 0 Å². The zero-order valence-electron chi connectivity index (χ0n) is 5.05. The Morgan fingerprint density at radius 2 is 2.12 bits per heavy atom. The van der Waals surface area contributed by atoms with Crippen LogP contribution in [0.25, 0.3) is 0 Å². The van der Waals surface area contributed by atoms with Gasteiger partial charge in [0.1, 0.15) is 0 Å². The van der Waals surface area contributed by atoms with Crippen LogP contribution in [0.15, 0.2) is 24.0 Å². The monoisotopic (exact) mass is 102 g/mol. The van der Waals surface area contributed by atoms with Gasteiger partial charge >= 0.3 is 18.9 Å². The summed E-state index contributed by atoms with van der Waals surface area (Å²) >= 11 is 0. The number of rotatable bonds is 0. The van der Waals surface area contributed by atoms with Crippen LogP contribution in [0.5, 0.6) is 0 Å². The van der Waals surface area contributed by atoms with Crippen molar-refractivity contribution in [3.63, 3.8) is 0 Å². The molecule has 0 unspecified atom stereocenters. The zero-order chi connectivity index (χ0) is 5.11. The largest absolute Gasteiger partial charge is 1.00 e. The molecule has 1 rings (SSSR count). The summed E-state index contributed by atoms with van der Waals surface area (Å²) < 4.78 is 0. The van der Waals surface area contributed by atoms with Crippen molar-refractivity contribution in [1.82, 2.24) is 0 Å². The van der Waals surface area contributed by atoms with Gasteiger partial charge in [0.15, 0.2) is 0 Å². The molecule has 1 aliphatic rings. The Morgan fingerprint density at radius 3 is 2.38 bits per heavy atom. The maximum Gasteiger partial charge on any atom is 1.00 e. The minimum absolute atomic E-state index is 0. The Hall–Kier alpha value is -0.123. The van der Waals surface area contributed by atoms with E-state index in [4.69, 9.17) is 0 Å². The van der Waals surface area contributed by atoms with Gasteiger partial charge in [-0.2, -0.15) is 0 Å². The molecule has 0 heterocycles. The van der Waals surface area contributed by atoms with Crippen molar-refractivity contribution in [2.45, 2.75) is 12.8 Å². The molecule has 2 heteroatoms. The molecule has 0 fully saturated rings. The number of allylic oxidation sites excluding steroid dienone is 3. The van der Waals surface area contributed by atoms with Crippen LogP contribution in [0.3, 0.4) is 0 Å². The summed E-state index contributed by atoms with van der Waals surface area (Å²) in [6.45, 7) is 0. The second kappa shape index (κ2) is 3.83. The number of hydrogen-bond acceptors (Lipinski definition) is 1. The van der Waals surface area contributed by atoms with Gasteiger partial charge in [0, 0.05) is 0 Å². The first kappa shape index (κ1) is 7.88. The predicted octanol–water partition coefficient (Wildman–Crippen LogP) is -2.42. The molecule has 0 saturated heterocycles. The summed E-state index contributed by atoms with van der Waals surface area (Å²) in [5, 5.41) is 10.3. The van der Waals surface area contributed by atoms with Crippen LogP contribution < -0.4 is 24.0 Å². The Balaban J connectivity index is 0.000000490. The van der Waals surface area contributed by atoms with E-state index in [0.29, 0.717) is 0 Å². The maximum atomic E-state index is 10.3. The molecule has 0 aliphatic heterocycles. The van der Waals surface area contributed by atoms with Crippen molar-refractivity contribution in [3.05, 3.63) is 24.0 Å². The first-order valence-corrected chi connectivity index (χ1v) is 2.43. The van der Waals surface area contributed by atoms with Crippen molar-refractivity contribution in [2.24, 2.45) is 0 Å². The molecule has 0 N–H and O–H groups in total. The van der Waals surface area contributed by atoms with Gasteiger partial charge in [-0.1, -0.05) is 18.2 Å². The minimum Gasteiger partial charge on any atom is -0.873 e. The second-order valence-electron chi connectivity index (χ2n) is 1.59. The molecule has 8 heavy (non-hydrogen) atoms. The van der Waals surface area contributed by atoms with Crippen LogP contribution in [0.1, 0.15) is 12.8 Å². The fourth-order valence-corrected chi connectivity index (χ4v) is 0.589. The van der Waals surface area contributed by atoms with E-state index in [-0.39, 0.29) is 24.6 Å². The van der Waals surface area contributed by atoms with E-state index in [1.165, 1.54) is 0 Å². The molecule has 0 aromatic carbocycles. The van der Waals surface area contributed by atoms with Crippen LogP contribution in [-0.4, -0.2) is 0 Å². The van der Waals surface area contributed by atoms with E-state index in [1.54, 1.807) is 12.2 Å². The van der Waals surface area contributed by atoms with E-state index in [0.717, 1.165) is 12.8 Å². The summed E-state index contributed by atoms with van der Waals surface area (Å²) in [5.41, 5.74) is 0. The molecule has 0 aromatic heterocycles. The molecular formula is C6H7LiO. The fraction of sp³-hybridized carbons (Fsp3) is 0.333. The topological polar surface area (TPSA) is 23.1 Å². The summed E-state index contributed by atoms with van der Waals surface area (Å²) in [6, 6.07) is 0. The molecule has 0 bridgehead atoms. The summed E-state index contributed by atoms with van der Waals surface area (Å²) in [5.74, 6) is 0.159. The Bertz CT molecular complexity index is 116. The van der Waals surface area contributed by atoms with Crippen molar-refractivity contribution in [1.29, 1.82) is 0 Å². The fourth-order valence-electron chi connectivity index (χ4n) is 0.589. The van der Waals surface area contributed by atoms with E-state index >= 15 is 0 Å². The van der Waals surface area contributed by atoms with E-state index in [2.05, 4.69) is 0 Å². The first-order chi connectivity index (χ1) is 3.39. The Morgan fingerprint density at radius 1 is 1.38 bits per heavy atom. The third-order valence-electron chi connectivity index (χ3n) is 0.961. The maximum absolute atomic E-state index is 10.3. The van der Waals surface area contributed by atoms with Crippen molar-refractivity contribution in [2.75, 3.05) is 0 Å². The molecule has 0 spiro atoms. The third kappa shape index (κ3) is 2.25. The van der Waals surface area contributed by atoms with Crippen LogP contribution in [0.2, 0.25) is 0 Å². The van der Waals surface area contributed by atoms with Crippen LogP contribution in [-0.2, 0) is 0 Å². The summed E-state index contributed by atoms with van der Waals surface area (Å²) in [7, 11) is 0. The summed E-state index contributed by atoms with van der Waals surface area (Å²) in [4.78, 5) is 0. The molecule has 0 saturated carbocycles. The van der Waals surface area contributed by atoms with Gasteiger partial charge in [-0.3, -0.25) is 0 Å². The van der Waals surface area contributed by atoms with E-state index in [1.807, 2.05) is 6.08 Å². The van der Waals surface area contributed by atoms with Gasteiger partial charge < -0.3 is 5.11 Å². The standard InChI is InChI=1S/C6H8O.Li/c7-6-4-2-1-3-5-6;/h2,4-5,7H,1,3H2;/q;+1/p-1. The van der Waals surface area contributed by atoms with E-state index in [9.17, 15) is 5.11 Å². The molecule has 0 radical (unpaired) electrons. The van der Waals surface area contributed by atoms with E-state index < -0.39 is 0 Å². The average molecular weight is 102 g/mol. The quantitative estimate of drug-likeness (QED) is 0.312. The zero-order valence-corrected chi connectivity index (χ0v) is 5.05. The smallest absolute Gasteiger partial charge is 0.873 e. The van der Waals surface area contributed by atoms with Crippen LogP contribution in [0.4, 0.5) is 0 Å². The molecule has 1 aliphatic carbocycles. The van der Waals surface area contributed by atoms with Gasteiger partial charge in [-0.15, -0.1) is 5.76 Å². The van der Waals surface area contributed by atoms with Crippen molar-refractivity contribution >= 4 is 0 Å². The third-order valence-corrected chi connectivity index (χ3v) is 0.961. The normalized spacial score (nSPS) is 16.8. The van der Waals surface area contributed by atoms with Gasteiger partial charge in [-0.05, 0) is 12.8 Å². The second-order valence-corrected chi connectivity index (χ2v) is 1.59. The SMILES string of the molecule is [Li+].[O-]C1=CCCC=C1. The number of hydrogen-bond donors (Lipinski definition) is 0.